The number of fused-ring (bicyclic) bond motifs is 2. The van der Waals surface area contributed by atoms with Gasteiger partial charge in [0, 0.05) is 11.8 Å². The van der Waals surface area contributed by atoms with Gasteiger partial charge in [-0.05, 0) is 42.7 Å². The van der Waals surface area contributed by atoms with Gasteiger partial charge in [0.1, 0.15) is 0 Å². The summed E-state index contributed by atoms with van der Waals surface area (Å²) in [4.78, 5) is 12.7. The fourth-order valence-corrected chi connectivity index (χ4v) is 3.97. The molecule has 0 radical (unpaired) electrons. The zero-order chi connectivity index (χ0) is 15.4. The van der Waals surface area contributed by atoms with Gasteiger partial charge >= 0.3 is 0 Å². The molecule has 0 saturated heterocycles. The minimum absolute atomic E-state index is 0.0381. The Balaban J connectivity index is 1.86. The number of carbonyl (C=O) groups excluding carboxylic acids is 1. The van der Waals surface area contributed by atoms with E-state index in [4.69, 9.17) is 0 Å². The van der Waals surface area contributed by atoms with Crippen LogP contribution in [0, 0.1) is 28.4 Å². The molecule has 1 amide bonds. The smallest absolute Gasteiger partial charge is 0.234 e. The first-order valence-electron chi connectivity index (χ1n) is 7.24. The third-order valence-electron chi connectivity index (χ3n) is 5.50. The summed E-state index contributed by atoms with van der Waals surface area (Å²) in [5.41, 5.74) is 0.656. The van der Waals surface area contributed by atoms with Crippen LogP contribution in [0.25, 0.3) is 0 Å². The second-order valence-electron chi connectivity index (χ2n) is 6.81. The number of nitrogens with one attached hydrogen (secondary N) is 1. The van der Waals surface area contributed by atoms with E-state index in [-0.39, 0.29) is 17.0 Å². The molecule has 1 aromatic carbocycles. The number of hydrogen-bond donors (Lipinski definition) is 1. The van der Waals surface area contributed by atoms with Crippen molar-refractivity contribution >= 4 is 11.6 Å². The number of amides is 1. The Bertz CT molecular complexity index is 638. The van der Waals surface area contributed by atoms with Crippen molar-refractivity contribution in [3.8, 4) is 0 Å². The van der Waals surface area contributed by atoms with Crippen LogP contribution in [0.2, 0.25) is 0 Å². The summed E-state index contributed by atoms with van der Waals surface area (Å²) in [6.07, 6.45) is 2.60. The zero-order valence-electron chi connectivity index (χ0n) is 12.3. The quantitative estimate of drug-likeness (QED) is 0.809. The summed E-state index contributed by atoms with van der Waals surface area (Å²) in [5, 5.41) is 2.73. The van der Waals surface area contributed by atoms with E-state index in [1.54, 1.807) is 0 Å². The highest BCUT2D eigenvalue weighted by atomic mass is 19.2. The molecule has 2 saturated carbocycles. The number of anilines is 1. The summed E-state index contributed by atoms with van der Waals surface area (Å²) in [5.74, 6) is -1.55. The van der Waals surface area contributed by atoms with E-state index in [9.17, 15) is 13.6 Å². The summed E-state index contributed by atoms with van der Waals surface area (Å²) in [7, 11) is 0. The number of benzene rings is 1. The second-order valence-corrected chi connectivity index (χ2v) is 6.81. The Morgan fingerprint density at radius 3 is 2.62 bits per heavy atom. The van der Waals surface area contributed by atoms with Gasteiger partial charge in [0.15, 0.2) is 11.6 Å². The summed E-state index contributed by atoms with van der Waals surface area (Å²) >= 11 is 0. The molecule has 0 unspecified atom stereocenters. The minimum Gasteiger partial charge on any atom is -0.325 e. The number of halogens is 2. The molecule has 112 valence electrons. The SMILES string of the molecule is C=C1C(C)(C)[C@@H]2CC[C@@]1(C(=O)Nc1ccc(F)c(F)c1)C2. The number of hydrogen-bond acceptors (Lipinski definition) is 1. The van der Waals surface area contributed by atoms with Gasteiger partial charge in [-0.3, -0.25) is 4.79 Å². The van der Waals surface area contributed by atoms with Gasteiger partial charge in [-0.2, -0.15) is 0 Å². The first-order chi connectivity index (χ1) is 9.77. The molecule has 0 heterocycles. The molecule has 4 heteroatoms. The number of rotatable bonds is 2. The molecule has 2 atom stereocenters. The van der Waals surface area contributed by atoms with Crippen LogP contribution in [0.3, 0.4) is 0 Å². The maximum atomic E-state index is 13.2. The van der Waals surface area contributed by atoms with E-state index in [2.05, 4.69) is 25.7 Å². The lowest BCUT2D eigenvalue weighted by molar-refractivity contribution is -0.123. The molecule has 2 aliphatic carbocycles. The van der Waals surface area contributed by atoms with E-state index < -0.39 is 17.0 Å². The van der Waals surface area contributed by atoms with Gasteiger partial charge in [-0.15, -0.1) is 0 Å². The zero-order valence-corrected chi connectivity index (χ0v) is 12.3. The highest BCUT2D eigenvalue weighted by Gasteiger charge is 2.60. The Hall–Kier alpha value is -1.71. The molecule has 2 fully saturated rings. The fourth-order valence-electron chi connectivity index (χ4n) is 3.97. The van der Waals surface area contributed by atoms with Gasteiger partial charge in [0.2, 0.25) is 5.91 Å². The monoisotopic (exact) mass is 291 g/mol. The molecule has 2 bridgehead atoms. The van der Waals surface area contributed by atoms with Crippen LogP contribution in [0.1, 0.15) is 33.1 Å². The average molecular weight is 291 g/mol. The highest BCUT2D eigenvalue weighted by Crippen LogP contribution is 2.65. The predicted molar refractivity (Wildman–Crippen MR) is 77.7 cm³/mol. The lowest BCUT2D eigenvalue weighted by atomic mass is 9.68. The van der Waals surface area contributed by atoms with Crippen LogP contribution in [0.15, 0.2) is 30.4 Å². The van der Waals surface area contributed by atoms with Gasteiger partial charge in [0.05, 0.1) is 5.41 Å². The van der Waals surface area contributed by atoms with Crippen molar-refractivity contribution in [1.82, 2.24) is 0 Å². The van der Waals surface area contributed by atoms with Gasteiger partial charge in [-0.25, -0.2) is 8.78 Å². The molecular weight excluding hydrogens is 272 g/mol. The average Bonchev–Trinajstić information content (AvgIpc) is 2.95. The summed E-state index contributed by atoms with van der Waals surface area (Å²) in [6, 6.07) is 3.41. The molecule has 0 aromatic heterocycles. The second kappa shape index (κ2) is 4.39. The van der Waals surface area contributed by atoms with Gasteiger partial charge < -0.3 is 5.32 Å². The fraction of sp³-hybridized carbons (Fsp3) is 0.471. The highest BCUT2D eigenvalue weighted by molar-refractivity contribution is 5.98. The molecule has 0 aliphatic heterocycles. The molecule has 2 aliphatic rings. The molecule has 3 rings (SSSR count). The largest absolute Gasteiger partial charge is 0.325 e. The Labute approximate surface area is 123 Å². The molecule has 21 heavy (non-hydrogen) atoms. The van der Waals surface area contributed by atoms with E-state index in [1.807, 2.05) is 0 Å². The molecule has 0 spiro atoms. The molecule has 1 N–H and O–H groups in total. The van der Waals surface area contributed by atoms with Crippen LogP contribution in [0.5, 0.6) is 0 Å². The topological polar surface area (TPSA) is 29.1 Å². The van der Waals surface area contributed by atoms with E-state index in [0.717, 1.165) is 37.0 Å². The predicted octanol–water partition coefficient (Wildman–Crippen LogP) is 4.29. The first-order valence-corrected chi connectivity index (χ1v) is 7.24. The maximum Gasteiger partial charge on any atom is 0.234 e. The molecule has 2 nitrogen and oxygen atoms in total. The van der Waals surface area contributed by atoms with Crippen molar-refractivity contribution in [2.75, 3.05) is 5.32 Å². The maximum absolute atomic E-state index is 13.2. The van der Waals surface area contributed by atoms with Crippen molar-refractivity contribution < 1.29 is 13.6 Å². The standard InChI is InChI=1S/C17H19F2NO/c1-10-16(2,3)11-6-7-17(10,9-11)15(21)20-12-4-5-13(18)14(19)8-12/h4-5,8,11H,1,6-7,9H2,2-3H3,(H,20,21)/t11-,17-/m1/s1. The Kier molecular flexibility index (Phi) is 2.98. The van der Waals surface area contributed by atoms with Crippen molar-refractivity contribution in [2.24, 2.45) is 16.7 Å². The van der Waals surface area contributed by atoms with Crippen LogP contribution in [-0.4, -0.2) is 5.91 Å². The molecular formula is C17H19F2NO. The lowest BCUT2D eigenvalue weighted by Gasteiger charge is -2.37. The van der Waals surface area contributed by atoms with E-state index >= 15 is 0 Å². The number of carbonyl (C=O) groups is 1. The van der Waals surface area contributed by atoms with Crippen LogP contribution in [0.4, 0.5) is 14.5 Å². The van der Waals surface area contributed by atoms with E-state index in [0.29, 0.717) is 5.92 Å². The van der Waals surface area contributed by atoms with Crippen molar-refractivity contribution in [3.05, 3.63) is 42.0 Å². The lowest BCUT2D eigenvalue weighted by Crippen LogP contribution is -2.37. The van der Waals surface area contributed by atoms with Gasteiger partial charge in [0.25, 0.3) is 0 Å². The molecule has 1 aromatic rings. The Morgan fingerprint density at radius 1 is 1.33 bits per heavy atom. The third-order valence-corrected chi connectivity index (χ3v) is 5.50. The van der Waals surface area contributed by atoms with Crippen LogP contribution in [-0.2, 0) is 4.79 Å². The first kappa shape index (κ1) is 14.2. The summed E-state index contributed by atoms with van der Waals surface area (Å²) in [6.45, 7) is 8.42. The van der Waals surface area contributed by atoms with Crippen molar-refractivity contribution in [2.45, 2.75) is 33.1 Å². The van der Waals surface area contributed by atoms with E-state index in [1.165, 1.54) is 6.07 Å². The minimum atomic E-state index is -0.958. The van der Waals surface area contributed by atoms with Crippen LogP contribution < -0.4 is 5.32 Å². The van der Waals surface area contributed by atoms with Crippen molar-refractivity contribution in [1.29, 1.82) is 0 Å². The van der Waals surface area contributed by atoms with Crippen LogP contribution >= 0.6 is 0 Å². The normalized spacial score (nSPS) is 29.7. The Morgan fingerprint density at radius 2 is 2.05 bits per heavy atom. The van der Waals surface area contributed by atoms with Crippen molar-refractivity contribution in [3.63, 3.8) is 0 Å². The van der Waals surface area contributed by atoms with Gasteiger partial charge in [-0.1, -0.05) is 26.0 Å². The summed E-state index contributed by atoms with van der Waals surface area (Å²) < 4.78 is 26.2. The third kappa shape index (κ3) is 1.92.